The quantitative estimate of drug-likeness (QED) is 0.102. The van der Waals surface area contributed by atoms with Crippen LogP contribution in [0.15, 0.2) is 12.3 Å². The predicted molar refractivity (Wildman–Crippen MR) is 118 cm³/mol. The lowest BCUT2D eigenvalue weighted by Crippen LogP contribution is -2.18. The Morgan fingerprint density at radius 3 is 1.82 bits per heavy atom. The Morgan fingerprint density at radius 1 is 0.643 bits per heavy atom. The third-order valence-electron chi connectivity index (χ3n) is 4.66. The van der Waals surface area contributed by atoms with E-state index in [2.05, 4.69) is 20.8 Å². The molecule has 0 saturated carbocycles. The maximum absolute atomic E-state index is 5.83. The first-order chi connectivity index (χ1) is 13.8. The Labute approximate surface area is 175 Å². The SMILES string of the molecule is CCCCCCCCCCOCOC=CCCC(OCCCC)OCCCC. The fourth-order valence-electron chi connectivity index (χ4n) is 2.79. The van der Waals surface area contributed by atoms with Crippen molar-refractivity contribution in [2.75, 3.05) is 26.6 Å². The van der Waals surface area contributed by atoms with Gasteiger partial charge in [-0.3, -0.25) is 0 Å². The number of allylic oxidation sites excluding steroid dienone is 1. The third-order valence-corrected chi connectivity index (χ3v) is 4.66. The van der Waals surface area contributed by atoms with Crippen molar-refractivity contribution in [1.29, 1.82) is 0 Å². The van der Waals surface area contributed by atoms with Crippen molar-refractivity contribution in [3.8, 4) is 0 Å². The molecule has 168 valence electrons. The summed E-state index contributed by atoms with van der Waals surface area (Å²) < 4.78 is 22.6. The van der Waals surface area contributed by atoms with Crippen LogP contribution < -0.4 is 0 Å². The van der Waals surface area contributed by atoms with Gasteiger partial charge in [0.05, 0.1) is 12.9 Å². The van der Waals surface area contributed by atoms with Gasteiger partial charge in [-0.1, -0.05) is 78.6 Å². The number of unbranched alkanes of at least 4 members (excludes halogenated alkanes) is 9. The van der Waals surface area contributed by atoms with E-state index in [1.807, 2.05) is 6.08 Å². The first-order valence-electron chi connectivity index (χ1n) is 11.9. The van der Waals surface area contributed by atoms with Crippen LogP contribution in [0.4, 0.5) is 0 Å². The van der Waals surface area contributed by atoms with Crippen LogP contribution in [0, 0.1) is 0 Å². The molecule has 0 unspecified atom stereocenters. The predicted octanol–water partition coefficient (Wildman–Crippen LogP) is 7.37. The second-order valence-electron chi connectivity index (χ2n) is 7.50. The van der Waals surface area contributed by atoms with Crippen molar-refractivity contribution in [3.63, 3.8) is 0 Å². The smallest absolute Gasteiger partial charge is 0.188 e. The number of hydrogen-bond donors (Lipinski definition) is 0. The molecule has 0 aliphatic carbocycles. The van der Waals surface area contributed by atoms with Crippen molar-refractivity contribution < 1.29 is 18.9 Å². The van der Waals surface area contributed by atoms with Gasteiger partial charge in [-0.15, -0.1) is 0 Å². The van der Waals surface area contributed by atoms with Crippen LogP contribution in [-0.4, -0.2) is 32.9 Å². The highest BCUT2D eigenvalue weighted by molar-refractivity contribution is 4.73. The van der Waals surface area contributed by atoms with E-state index in [0.717, 1.165) is 64.8 Å². The van der Waals surface area contributed by atoms with Gasteiger partial charge in [0, 0.05) is 19.6 Å². The average Bonchev–Trinajstić information content (AvgIpc) is 2.70. The van der Waals surface area contributed by atoms with E-state index in [1.165, 1.54) is 44.9 Å². The molecule has 28 heavy (non-hydrogen) atoms. The summed E-state index contributed by atoms with van der Waals surface area (Å²) in [7, 11) is 0. The minimum Gasteiger partial charge on any atom is -0.475 e. The molecule has 0 aliphatic heterocycles. The fraction of sp³-hybridized carbons (Fsp3) is 0.917. The van der Waals surface area contributed by atoms with E-state index in [0.29, 0.717) is 6.79 Å². The van der Waals surface area contributed by atoms with Crippen LogP contribution >= 0.6 is 0 Å². The summed E-state index contributed by atoms with van der Waals surface area (Å²) in [4.78, 5) is 0. The molecule has 0 radical (unpaired) electrons. The molecule has 0 aliphatic rings. The Bertz CT molecular complexity index is 297. The second kappa shape index (κ2) is 24.5. The Kier molecular flexibility index (Phi) is 24.0. The first kappa shape index (κ1) is 27.4. The summed E-state index contributed by atoms with van der Waals surface area (Å²) in [6.45, 7) is 9.30. The Balaban J connectivity index is 3.49. The Hall–Kier alpha value is -0.580. The molecule has 4 heteroatoms. The standard InChI is InChI=1S/C24H48O4/c1-4-7-10-11-12-13-14-16-19-25-23-26-20-17-15-18-24(27-21-8-5-2)28-22-9-6-3/h17,20,24H,4-16,18-19,21-23H2,1-3H3. The minimum absolute atomic E-state index is 0.0963. The van der Waals surface area contributed by atoms with Gasteiger partial charge in [0.15, 0.2) is 13.1 Å². The highest BCUT2D eigenvalue weighted by atomic mass is 16.7. The average molecular weight is 401 g/mol. The third kappa shape index (κ3) is 21.7. The zero-order valence-electron chi connectivity index (χ0n) is 19.1. The lowest BCUT2D eigenvalue weighted by molar-refractivity contribution is -0.146. The van der Waals surface area contributed by atoms with Gasteiger partial charge >= 0.3 is 0 Å². The molecular formula is C24H48O4. The molecule has 4 nitrogen and oxygen atoms in total. The maximum atomic E-state index is 5.83. The largest absolute Gasteiger partial charge is 0.475 e. The van der Waals surface area contributed by atoms with Gasteiger partial charge < -0.3 is 18.9 Å². The number of hydrogen-bond acceptors (Lipinski definition) is 4. The summed E-state index contributed by atoms with van der Waals surface area (Å²) in [6, 6.07) is 0. The molecule has 0 atom stereocenters. The first-order valence-corrected chi connectivity index (χ1v) is 11.9. The summed E-state index contributed by atoms with van der Waals surface area (Å²) >= 11 is 0. The van der Waals surface area contributed by atoms with Gasteiger partial charge in [-0.2, -0.15) is 0 Å². The minimum atomic E-state index is -0.0963. The van der Waals surface area contributed by atoms with Crippen molar-refractivity contribution in [1.82, 2.24) is 0 Å². The normalized spacial score (nSPS) is 11.7. The van der Waals surface area contributed by atoms with Gasteiger partial charge in [0.1, 0.15) is 0 Å². The van der Waals surface area contributed by atoms with E-state index in [1.54, 1.807) is 6.26 Å². The molecular weight excluding hydrogens is 352 g/mol. The molecule has 0 aromatic carbocycles. The lowest BCUT2D eigenvalue weighted by atomic mass is 10.1. The zero-order valence-corrected chi connectivity index (χ0v) is 19.1. The molecule has 0 saturated heterocycles. The van der Waals surface area contributed by atoms with E-state index in [4.69, 9.17) is 18.9 Å². The van der Waals surface area contributed by atoms with Crippen LogP contribution in [0.25, 0.3) is 0 Å². The zero-order chi connectivity index (χ0) is 20.5. The van der Waals surface area contributed by atoms with E-state index >= 15 is 0 Å². The van der Waals surface area contributed by atoms with Crippen molar-refractivity contribution in [2.45, 2.75) is 117 Å². The van der Waals surface area contributed by atoms with E-state index in [-0.39, 0.29) is 6.29 Å². The number of ether oxygens (including phenoxy) is 4. The monoisotopic (exact) mass is 400 g/mol. The van der Waals surface area contributed by atoms with Crippen LogP contribution in [0.2, 0.25) is 0 Å². The lowest BCUT2D eigenvalue weighted by Gasteiger charge is -2.17. The highest BCUT2D eigenvalue weighted by Crippen LogP contribution is 2.09. The van der Waals surface area contributed by atoms with Crippen LogP contribution in [-0.2, 0) is 18.9 Å². The molecule has 0 fully saturated rings. The van der Waals surface area contributed by atoms with E-state index < -0.39 is 0 Å². The topological polar surface area (TPSA) is 36.9 Å². The molecule has 0 rings (SSSR count). The summed E-state index contributed by atoms with van der Waals surface area (Å²) in [5.41, 5.74) is 0. The second-order valence-corrected chi connectivity index (χ2v) is 7.50. The summed E-state index contributed by atoms with van der Waals surface area (Å²) in [5, 5.41) is 0. The molecule has 0 spiro atoms. The van der Waals surface area contributed by atoms with Crippen molar-refractivity contribution >= 4 is 0 Å². The van der Waals surface area contributed by atoms with Crippen molar-refractivity contribution in [3.05, 3.63) is 12.3 Å². The van der Waals surface area contributed by atoms with Gasteiger partial charge in [0.2, 0.25) is 0 Å². The van der Waals surface area contributed by atoms with Crippen LogP contribution in [0.3, 0.4) is 0 Å². The molecule has 0 heterocycles. The molecule has 0 aromatic heterocycles. The molecule has 0 aromatic rings. The Morgan fingerprint density at radius 2 is 1.21 bits per heavy atom. The summed E-state index contributed by atoms with van der Waals surface area (Å²) in [6.07, 6.45) is 20.5. The van der Waals surface area contributed by atoms with Crippen LogP contribution in [0.1, 0.15) is 111 Å². The molecule has 0 bridgehead atoms. The van der Waals surface area contributed by atoms with Gasteiger partial charge in [0.25, 0.3) is 0 Å². The number of rotatable bonds is 23. The van der Waals surface area contributed by atoms with Gasteiger partial charge in [-0.25, -0.2) is 0 Å². The molecule has 0 amide bonds. The van der Waals surface area contributed by atoms with E-state index in [9.17, 15) is 0 Å². The van der Waals surface area contributed by atoms with Crippen LogP contribution in [0.5, 0.6) is 0 Å². The van der Waals surface area contributed by atoms with Gasteiger partial charge in [-0.05, 0) is 31.8 Å². The summed E-state index contributed by atoms with van der Waals surface area (Å²) in [5.74, 6) is 0. The molecule has 0 N–H and O–H groups in total. The maximum Gasteiger partial charge on any atom is 0.188 e. The van der Waals surface area contributed by atoms with Crippen molar-refractivity contribution in [2.24, 2.45) is 0 Å². The fourth-order valence-corrected chi connectivity index (χ4v) is 2.79. The highest BCUT2D eigenvalue weighted by Gasteiger charge is 2.07.